The Bertz CT molecular complexity index is 760. The van der Waals surface area contributed by atoms with Gasteiger partial charge in [0.2, 0.25) is 0 Å². The Balaban J connectivity index is 1.51. The summed E-state index contributed by atoms with van der Waals surface area (Å²) in [5.41, 5.74) is 3.58. The van der Waals surface area contributed by atoms with E-state index >= 15 is 0 Å². The first-order chi connectivity index (χ1) is 12.8. The van der Waals surface area contributed by atoms with Crippen LogP contribution in [0.25, 0.3) is 0 Å². The average molecular weight is 350 g/mol. The second kappa shape index (κ2) is 8.94. The molecule has 2 aromatic rings. The van der Waals surface area contributed by atoms with Crippen molar-refractivity contribution in [1.82, 2.24) is 10.6 Å². The molecule has 0 saturated heterocycles. The Hall–Kier alpha value is -2.95. The lowest BCUT2D eigenvalue weighted by atomic mass is 10.2. The first-order valence-corrected chi connectivity index (χ1v) is 8.85. The SMILES string of the molecule is CN=C(NCc1ccc(N2CC=CC2)cc1)NCc1ccccc1OC. The molecule has 0 radical (unpaired) electrons. The molecule has 0 spiro atoms. The fourth-order valence-electron chi connectivity index (χ4n) is 2.95. The van der Waals surface area contributed by atoms with Crippen LogP contribution >= 0.6 is 0 Å². The number of aliphatic imine (C=N–C) groups is 1. The molecule has 0 aliphatic carbocycles. The predicted molar refractivity (Wildman–Crippen MR) is 108 cm³/mol. The molecule has 0 saturated carbocycles. The second-order valence-electron chi connectivity index (χ2n) is 6.13. The summed E-state index contributed by atoms with van der Waals surface area (Å²) in [5, 5.41) is 6.68. The maximum Gasteiger partial charge on any atom is 0.191 e. The predicted octanol–water partition coefficient (Wildman–Crippen LogP) is 2.94. The lowest BCUT2D eigenvalue weighted by molar-refractivity contribution is 0.409. The van der Waals surface area contributed by atoms with Crippen molar-refractivity contribution < 1.29 is 4.74 Å². The molecule has 2 N–H and O–H groups in total. The smallest absolute Gasteiger partial charge is 0.191 e. The summed E-state index contributed by atoms with van der Waals surface area (Å²) in [6, 6.07) is 16.7. The van der Waals surface area contributed by atoms with Crippen molar-refractivity contribution in [3.63, 3.8) is 0 Å². The summed E-state index contributed by atoms with van der Waals surface area (Å²) in [5.74, 6) is 1.64. The number of methoxy groups -OCH3 is 1. The van der Waals surface area contributed by atoms with Crippen LogP contribution in [0.3, 0.4) is 0 Å². The summed E-state index contributed by atoms with van der Waals surface area (Å²) >= 11 is 0. The zero-order valence-electron chi connectivity index (χ0n) is 15.4. The number of hydrogen-bond donors (Lipinski definition) is 2. The topological polar surface area (TPSA) is 48.9 Å². The molecule has 0 fully saturated rings. The molecule has 0 amide bonds. The molecule has 5 nitrogen and oxygen atoms in total. The fraction of sp³-hybridized carbons (Fsp3) is 0.286. The summed E-state index contributed by atoms with van der Waals surface area (Å²) in [7, 11) is 3.47. The van der Waals surface area contributed by atoms with E-state index in [0.29, 0.717) is 6.54 Å². The van der Waals surface area contributed by atoms with Crippen LogP contribution in [0.2, 0.25) is 0 Å². The minimum Gasteiger partial charge on any atom is -0.496 e. The number of ether oxygens (including phenoxy) is 1. The van der Waals surface area contributed by atoms with E-state index in [0.717, 1.165) is 36.9 Å². The highest BCUT2D eigenvalue weighted by molar-refractivity contribution is 5.79. The van der Waals surface area contributed by atoms with Crippen molar-refractivity contribution in [2.24, 2.45) is 4.99 Å². The lowest BCUT2D eigenvalue weighted by Crippen LogP contribution is -2.36. The van der Waals surface area contributed by atoms with Gasteiger partial charge in [0, 0.05) is 44.5 Å². The summed E-state index contributed by atoms with van der Waals surface area (Å²) in [4.78, 5) is 6.63. The summed E-state index contributed by atoms with van der Waals surface area (Å²) < 4.78 is 5.39. The molecular formula is C21H26N4O. The van der Waals surface area contributed by atoms with Gasteiger partial charge in [0.25, 0.3) is 0 Å². The number of rotatable bonds is 6. The number of benzene rings is 2. The van der Waals surface area contributed by atoms with Crippen molar-refractivity contribution in [2.45, 2.75) is 13.1 Å². The molecule has 0 bridgehead atoms. The first kappa shape index (κ1) is 17.9. The highest BCUT2D eigenvalue weighted by atomic mass is 16.5. The van der Waals surface area contributed by atoms with Gasteiger partial charge in [-0.15, -0.1) is 0 Å². The van der Waals surface area contributed by atoms with E-state index < -0.39 is 0 Å². The van der Waals surface area contributed by atoms with Crippen molar-refractivity contribution in [1.29, 1.82) is 0 Å². The summed E-state index contributed by atoms with van der Waals surface area (Å²) in [6.45, 7) is 3.38. The fourth-order valence-corrected chi connectivity index (χ4v) is 2.95. The monoisotopic (exact) mass is 350 g/mol. The zero-order chi connectivity index (χ0) is 18.2. The molecule has 0 unspecified atom stereocenters. The van der Waals surface area contributed by atoms with Crippen LogP contribution in [0.15, 0.2) is 65.7 Å². The van der Waals surface area contributed by atoms with Crippen LogP contribution in [-0.2, 0) is 13.1 Å². The molecule has 0 aromatic heterocycles. The van der Waals surface area contributed by atoms with Gasteiger partial charge >= 0.3 is 0 Å². The van der Waals surface area contributed by atoms with Gasteiger partial charge in [-0.3, -0.25) is 4.99 Å². The van der Waals surface area contributed by atoms with E-state index in [1.807, 2.05) is 24.3 Å². The molecule has 3 rings (SSSR count). The van der Waals surface area contributed by atoms with Crippen LogP contribution in [0.5, 0.6) is 5.75 Å². The quantitative estimate of drug-likeness (QED) is 0.478. The van der Waals surface area contributed by atoms with Crippen molar-refractivity contribution in [3.8, 4) is 5.75 Å². The highest BCUT2D eigenvalue weighted by Gasteiger charge is 2.07. The molecular weight excluding hydrogens is 324 g/mol. The highest BCUT2D eigenvalue weighted by Crippen LogP contribution is 2.18. The van der Waals surface area contributed by atoms with Gasteiger partial charge in [-0.2, -0.15) is 0 Å². The van der Waals surface area contributed by atoms with E-state index in [-0.39, 0.29) is 0 Å². The molecule has 1 aliphatic rings. The number of nitrogens with one attached hydrogen (secondary N) is 2. The van der Waals surface area contributed by atoms with E-state index in [2.05, 4.69) is 56.9 Å². The Kier molecular flexibility index (Phi) is 6.14. The Morgan fingerprint density at radius 1 is 1.00 bits per heavy atom. The third kappa shape index (κ3) is 4.57. The normalized spacial score (nSPS) is 13.8. The van der Waals surface area contributed by atoms with Gasteiger partial charge < -0.3 is 20.3 Å². The Morgan fingerprint density at radius 3 is 2.38 bits per heavy atom. The van der Waals surface area contributed by atoms with Crippen LogP contribution in [-0.4, -0.2) is 33.2 Å². The number of para-hydroxylation sites is 1. The number of guanidine groups is 1. The van der Waals surface area contributed by atoms with E-state index in [4.69, 9.17) is 4.74 Å². The van der Waals surface area contributed by atoms with Crippen LogP contribution in [0.1, 0.15) is 11.1 Å². The van der Waals surface area contributed by atoms with Crippen LogP contribution in [0.4, 0.5) is 5.69 Å². The maximum absolute atomic E-state index is 5.39. The molecule has 26 heavy (non-hydrogen) atoms. The molecule has 1 heterocycles. The lowest BCUT2D eigenvalue weighted by Gasteiger charge is -2.18. The van der Waals surface area contributed by atoms with Gasteiger partial charge in [-0.25, -0.2) is 0 Å². The molecule has 0 atom stereocenters. The standard InChI is InChI=1S/C21H26N4O/c1-22-21(24-16-18-7-3-4-8-20(18)26-2)23-15-17-9-11-19(12-10-17)25-13-5-6-14-25/h3-12H,13-16H2,1-2H3,(H2,22,23,24). The van der Waals surface area contributed by atoms with E-state index in [1.165, 1.54) is 11.3 Å². The Labute approximate surface area is 155 Å². The summed E-state index contributed by atoms with van der Waals surface area (Å²) in [6.07, 6.45) is 4.40. The van der Waals surface area contributed by atoms with Gasteiger partial charge in [-0.05, 0) is 23.8 Å². The molecule has 136 valence electrons. The number of anilines is 1. The van der Waals surface area contributed by atoms with E-state index in [1.54, 1.807) is 14.2 Å². The van der Waals surface area contributed by atoms with Gasteiger partial charge in [0.15, 0.2) is 5.96 Å². The number of hydrogen-bond acceptors (Lipinski definition) is 3. The third-order valence-electron chi connectivity index (χ3n) is 4.44. The maximum atomic E-state index is 5.39. The van der Waals surface area contributed by atoms with Crippen LogP contribution < -0.4 is 20.3 Å². The molecule has 1 aliphatic heterocycles. The molecule has 5 heteroatoms. The Morgan fingerprint density at radius 2 is 1.69 bits per heavy atom. The third-order valence-corrected chi connectivity index (χ3v) is 4.44. The molecule has 2 aromatic carbocycles. The van der Waals surface area contributed by atoms with Crippen molar-refractivity contribution in [2.75, 3.05) is 32.1 Å². The second-order valence-corrected chi connectivity index (χ2v) is 6.13. The first-order valence-electron chi connectivity index (χ1n) is 8.85. The zero-order valence-corrected chi connectivity index (χ0v) is 15.4. The largest absolute Gasteiger partial charge is 0.496 e. The average Bonchev–Trinajstić information content (AvgIpc) is 3.23. The van der Waals surface area contributed by atoms with Crippen LogP contribution in [0, 0.1) is 0 Å². The van der Waals surface area contributed by atoms with Gasteiger partial charge in [-0.1, -0.05) is 42.5 Å². The van der Waals surface area contributed by atoms with Gasteiger partial charge in [0.05, 0.1) is 7.11 Å². The minimum absolute atomic E-state index is 0.657. The van der Waals surface area contributed by atoms with Crippen molar-refractivity contribution >= 4 is 11.6 Å². The van der Waals surface area contributed by atoms with E-state index in [9.17, 15) is 0 Å². The van der Waals surface area contributed by atoms with Gasteiger partial charge in [0.1, 0.15) is 5.75 Å². The number of nitrogens with zero attached hydrogens (tertiary/aromatic N) is 2. The van der Waals surface area contributed by atoms with Crippen molar-refractivity contribution in [3.05, 3.63) is 71.8 Å². The minimum atomic E-state index is 0.657.